The molecule has 1 atom stereocenters. The van der Waals surface area contributed by atoms with Crippen molar-refractivity contribution in [2.75, 3.05) is 0 Å². The van der Waals surface area contributed by atoms with E-state index in [0.717, 1.165) is 8.95 Å². The van der Waals surface area contributed by atoms with Gasteiger partial charge in [0.2, 0.25) is 0 Å². The van der Waals surface area contributed by atoms with Crippen LogP contribution in [0.3, 0.4) is 0 Å². The zero-order valence-corrected chi connectivity index (χ0v) is 24.0. The van der Waals surface area contributed by atoms with Gasteiger partial charge in [0.05, 0.1) is 14.8 Å². The van der Waals surface area contributed by atoms with Crippen LogP contribution in [-0.4, -0.2) is 8.30 Å². The third-order valence-corrected chi connectivity index (χ3v) is 7.85. The van der Waals surface area contributed by atoms with Crippen molar-refractivity contribution in [2.45, 2.75) is 80.9 Å². The molecule has 3 rings (SSSR count). The Morgan fingerprint density at radius 2 is 1.20 bits per heavy atom. The second kappa shape index (κ2) is 12.4. The van der Waals surface area contributed by atoms with E-state index in [1.165, 1.54) is 86.0 Å². The Labute approximate surface area is 214 Å². The standard InChI is InChI=1S/C25H31Br4N/c1-2-3-4-6-9-20(10-7-5-8-11-25(28)29)30-23-16-18(26)12-14-21(23)22-15-13-19(27)17-24(22)30/h12-17,20,25H,2-11H2,1H3. The van der Waals surface area contributed by atoms with Gasteiger partial charge in [0, 0.05) is 25.8 Å². The number of unbranched alkanes of at least 4 members (excludes halogenated alkanes) is 5. The Morgan fingerprint density at radius 1 is 0.700 bits per heavy atom. The first-order chi connectivity index (χ1) is 14.5. The summed E-state index contributed by atoms with van der Waals surface area (Å²) in [7, 11) is 0. The molecule has 2 aromatic carbocycles. The van der Waals surface area contributed by atoms with Gasteiger partial charge in [-0.1, -0.05) is 128 Å². The fourth-order valence-corrected chi connectivity index (χ4v) is 5.80. The van der Waals surface area contributed by atoms with Crippen molar-refractivity contribution in [2.24, 2.45) is 0 Å². The minimum atomic E-state index is 0.446. The number of hydrogen-bond donors (Lipinski definition) is 0. The number of nitrogens with zero attached hydrogens (tertiary/aromatic N) is 1. The average molecular weight is 665 g/mol. The lowest BCUT2D eigenvalue weighted by Gasteiger charge is -2.22. The lowest BCUT2D eigenvalue weighted by molar-refractivity contribution is 0.413. The van der Waals surface area contributed by atoms with Crippen molar-refractivity contribution < 1.29 is 0 Å². The highest BCUT2D eigenvalue weighted by molar-refractivity contribution is 9.24. The second-order valence-corrected chi connectivity index (χ2v) is 13.5. The molecule has 0 aliphatic rings. The highest BCUT2D eigenvalue weighted by Gasteiger charge is 2.19. The van der Waals surface area contributed by atoms with Gasteiger partial charge in [-0.3, -0.25) is 0 Å². The number of alkyl halides is 2. The molecule has 0 amide bonds. The predicted octanol–water partition coefficient (Wildman–Crippen LogP) is 10.9. The quantitative estimate of drug-likeness (QED) is 0.134. The smallest absolute Gasteiger partial charge is 0.0697 e. The maximum atomic E-state index is 3.72. The summed E-state index contributed by atoms with van der Waals surface area (Å²) in [6, 6.07) is 14.0. The molecular weight excluding hydrogens is 634 g/mol. The van der Waals surface area contributed by atoms with Crippen molar-refractivity contribution in [1.82, 2.24) is 4.57 Å². The maximum Gasteiger partial charge on any atom is 0.0697 e. The highest BCUT2D eigenvalue weighted by atomic mass is 79.9. The fraction of sp³-hybridized carbons (Fsp3) is 0.520. The van der Waals surface area contributed by atoms with Crippen molar-refractivity contribution in [3.8, 4) is 0 Å². The van der Waals surface area contributed by atoms with E-state index in [9.17, 15) is 0 Å². The monoisotopic (exact) mass is 661 g/mol. The number of aromatic nitrogens is 1. The molecule has 1 heterocycles. The Kier molecular flexibility index (Phi) is 10.3. The lowest BCUT2D eigenvalue weighted by atomic mass is 10.0. The first kappa shape index (κ1) is 24.8. The minimum Gasteiger partial charge on any atom is -0.337 e. The van der Waals surface area contributed by atoms with Crippen LogP contribution in [0.1, 0.15) is 77.2 Å². The topological polar surface area (TPSA) is 4.93 Å². The molecule has 0 bridgehead atoms. The van der Waals surface area contributed by atoms with Gasteiger partial charge < -0.3 is 4.57 Å². The predicted molar refractivity (Wildman–Crippen MR) is 147 cm³/mol. The molecule has 0 fully saturated rings. The number of hydrogen-bond acceptors (Lipinski definition) is 0. The van der Waals surface area contributed by atoms with Gasteiger partial charge in [-0.05, 0) is 43.5 Å². The van der Waals surface area contributed by atoms with Crippen LogP contribution < -0.4 is 0 Å². The molecule has 0 radical (unpaired) electrons. The van der Waals surface area contributed by atoms with Gasteiger partial charge in [-0.2, -0.15) is 0 Å². The van der Waals surface area contributed by atoms with Gasteiger partial charge in [0.15, 0.2) is 0 Å². The van der Waals surface area contributed by atoms with E-state index >= 15 is 0 Å². The van der Waals surface area contributed by atoms with Crippen LogP contribution in [-0.2, 0) is 0 Å². The Bertz CT molecular complexity index is 888. The summed E-state index contributed by atoms with van der Waals surface area (Å²) in [6.07, 6.45) is 12.8. The number of rotatable bonds is 12. The molecule has 30 heavy (non-hydrogen) atoms. The first-order valence-corrected chi connectivity index (χ1v) is 14.6. The summed E-state index contributed by atoms with van der Waals surface area (Å²) in [6.45, 7) is 2.29. The molecular formula is C25H31Br4N. The summed E-state index contributed by atoms with van der Waals surface area (Å²) in [5.74, 6) is 0. The summed E-state index contributed by atoms with van der Waals surface area (Å²) < 4.78 is 5.40. The molecule has 164 valence electrons. The maximum absolute atomic E-state index is 3.72. The van der Waals surface area contributed by atoms with Crippen molar-refractivity contribution in [3.63, 3.8) is 0 Å². The normalized spacial score (nSPS) is 13.0. The molecule has 3 aromatic rings. The fourth-order valence-electron chi connectivity index (χ4n) is 4.45. The molecule has 0 aliphatic heterocycles. The molecule has 0 spiro atoms. The molecule has 0 saturated heterocycles. The summed E-state index contributed by atoms with van der Waals surface area (Å²) in [5, 5.41) is 2.72. The highest BCUT2D eigenvalue weighted by Crippen LogP contribution is 2.38. The van der Waals surface area contributed by atoms with E-state index in [2.05, 4.69) is 112 Å². The molecule has 1 aromatic heterocycles. The van der Waals surface area contributed by atoms with Crippen LogP contribution in [0.2, 0.25) is 0 Å². The van der Waals surface area contributed by atoms with Gasteiger partial charge in [-0.25, -0.2) is 0 Å². The van der Waals surface area contributed by atoms with Crippen LogP contribution in [0.4, 0.5) is 0 Å². The SMILES string of the molecule is CCCCCCC(CCCCCC(Br)Br)n1c2cc(Br)ccc2c2ccc(Br)cc21. The Balaban J connectivity index is 1.93. The van der Waals surface area contributed by atoms with E-state index in [0.29, 0.717) is 9.78 Å². The van der Waals surface area contributed by atoms with Crippen molar-refractivity contribution >= 4 is 85.5 Å². The van der Waals surface area contributed by atoms with E-state index in [1.807, 2.05) is 0 Å². The zero-order chi connectivity index (χ0) is 21.5. The van der Waals surface area contributed by atoms with Crippen LogP contribution in [0, 0.1) is 0 Å². The number of halogens is 4. The largest absolute Gasteiger partial charge is 0.337 e. The second-order valence-electron chi connectivity index (χ2n) is 8.23. The van der Waals surface area contributed by atoms with E-state index in [-0.39, 0.29) is 0 Å². The summed E-state index contributed by atoms with van der Waals surface area (Å²) in [4.78, 5) is 0. The lowest BCUT2D eigenvalue weighted by Crippen LogP contribution is -2.09. The van der Waals surface area contributed by atoms with Crippen molar-refractivity contribution in [3.05, 3.63) is 45.3 Å². The third kappa shape index (κ3) is 6.59. The van der Waals surface area contributed by atoms with Gasteiger partial charge in [0.25, 0.3) is 0 Å². The minimum absolute atomic E-state index is 0.446. The molecule has 1 nitrogen and oxygen atoms in total. The Morgan fingerprint density at radius 3 is 1.70 bits per heavy atom. The van der Waals surface area contributed by atoms with Crippen LogP contribution >= 0.6 is 63.7 Å². The molecule has 1 unspecified atom stereocenters. The van der Waals surface area contributed by atoms with E-state index < -0.39 is 0 Å². The first-order valence-electron chi connectivity index (χ1n) is 11.2. The van der Waals surface area contributed by atoms with Crippen LogP contribution in [0.25, 0.3) is 21.8 Å². The molecule has 0 aliphatic carbocycles. The van der Waals surface area contributed by atoms with Crippen molar-refractivity contribution in [1.29, 1.82) is 0 Å². The van der Waals surface area contributed by atoms with Gasteiger partial charge in [-0.15, -0.1) is 0 Å². The molecule has 0 saturated carbocycles. The summed E-state index contributed by atoms with van der Waals surface area (Å²) >= 11 is 14.6. The van der Waals surface area contributed by atoms with Crippen LogP contribution in [0.5, 0.6) is 0 Å². The zero-order valence-electron chi connectivity index (χ0n) is 17.6. The van der Waals surface area contributed by atoms with Crippen LogP contribution in [0.15, 0.2) is 45.3 Å². The van der Waals surface area contributed by atoms with Gasteiger partial charge in [0.1, 0.15) is 0 Å². The summed E-state index contributed by atoms with van der Waals surface area (Å²) in [5.41, 5.74) is 2.72. The number of fused-ring (bicyclic) bond motifs is 3. The van der Waals surface area contributed by atoms with E-state index in [4.69, 9.17) is 0 Å². The van der Waals surface area contributed by atoms with Gasteiger partial charge >= 0.3 is 0 Å². The average Bonchev–Trinajstić information content (AvgIpc) is 3.01. The third-order valence-electron chi connectivity index (χ3n) is 5.94. The molecule has 5 heteroatoms. The number of benzene rings is 2. The molecule has 0 N–H and O–H groups in total. The Hall–Kier alpha value is 0.160. The van der Waals surface area contributed by atoms with E-state index in [1.54, 1.807) is 0 Å².